The second-order valence-electron chi connectivity index (χ2n) is 8.56. The van der Waals surface area contributed by atoms with Gasteiger partial charge in [0.2, 0.25) is 0 Å². The third kappa shape index (κ3) is 5.11. The summed E-state index contributed by atoms with van der Waals surface area (Å²) in [5.41, 5.74) is 0.184. The lowest BCUT2D eigenvalue weighted by Crippen LogP contribution is -2.42. The van der Waals surface area contributed by atoms with Gasteiger partial charge in [-0.15, -0.1) is 0 Å². The Morgan fingerprint density at radius 1 is 1.00 bits per heavy atom. The number of carboxylic acid groups (broad SMARTS) is 1. The van der Waals surface area contributed by atoms with Gasteiger partial charge in [-0.05, 0) is 50.9 Å². The summed E-state index contributed by atoms with van der Waals surface area (Å²) in [5.74, 6) is -3.98. The number of amides is 1. The van der Waals surface area contributed by atoms with Gasteiger partial charge in [-0.3, -0.25) is 4.79 Å². The Morgan fingerprint density at radius 3 is 2.00 bits per heavy atom. The van der Waals surface area contributed by atoms with Crippen molar-refractivity contribution in [2.75, 3.05) is 0 Å². The van der Waals surface area contributed by atoms with Crippen molar-refractivity contribution < 1.29 is 32.8 Å². The molecular formula is C22H24BF2NO5. The molecule has 2 aromatic carbocycles. The maximum Gasteiger partial charge on any atom is 0.494 e. The fraction of sp³-hybridized carbons (Fsp3) is 0.364. The summed E-state index contributed by atoms with van der Waals surface area (Å²) in [4.78, 5) is 23.9. The minimum Gasteiger partial charge on any atom is -0.480 e. The van der Waals surface area contributed by atoms with Crippen molar-refractivity contribution in [3.63, 3.8) is 0 Å². The van der Waals surface area contributed by atoms with E-state index in [2.05, 4.69) is 5.32 Å². The first-order valence-electron chi connectivity index (χ1n) is 9.82. The van der Waals surface area contributed by atoms with E-state index in [0.717, 1.165) is 17.6 Å². The topological polar surface area (TPSA) is 84.9 Å². The number of aliphatic carboxylic acids is 1. The van der Waals surface area contributed by atoms with Crippen LogP contribution >= 0.6 is 0 Å². The Bertz CT molecular complexity index is 958. The van der Waals surface area contributed by atoms with Crippen LogP contribution in [0.5, 0.6) is 0 Å². The maximum absolute atomic E-state index is 13.3. The van der Waals surface area contributed by atoms with E-state index in [1.165, 1.54) is 0 Å². The molecule has 0 aromatic heterocycles. The highest BCUT2D eigenvalue weighted by Crippen LogP contribution is 2.36. The van der Waals surface area contributed by atoms with E-state index in [4.69, 9.17) is 9.31 Å². The van der Waals surface area contributed by atoms with Crippen LogP contribution in [0.1, 0.15) is 43.6 Å². The van der Waals surface area contributed by atoms with Gasteiger partial charge in [0.25, 0.3) is 5.91 Å². The van der Waals surface area contributed by atoms with Gasteiger partial charge in [-0.25, -0.2) is 13.6 Å². The zero-order valence-electron chi connectivity index (χ0n) is 17.7. The molecule has 1 saturated heterocycles. The minimum absolute atomic E-state index is 0.0114. The second-order valence-corrected chi connectivity index (χ2v) is 8.56. The zero-order valence-corrected chi connectivity index (χ0v) is 17.7. The molecule has 0 radical (unpaired) electrons. The number of nitrogens with one attached hydrogen (secondary N) is 1. The first-order valence-corrected chi connectivity index (χ1v) is 9.82. The maximum atomic E-state index is 13.3. The summed E-state index contributed by atoms with van der Waals surface area (Å²) in [6, 6.07) is 8.05. The third-order valence-corrected chi connectivity index (χ3v) is 5.67. The van der Waals surface area contributed by atoms with Crippen LogP contribution in [0.25, 0.3) is 0 Å². The number of benzene rings is 2. The predicted molar refractivity (Wildman–Crippen MR) is 111 cm³/mol. The Labute approximate surface area is 179 Å². The van der Waals surface area contributed by atoms with Crippen LogP contribution in [0, 0.1) is 11.6 Å². The first kappa shape index (κ1) is 22.9. The van der Waals surface area contributed by atoms with Crippen molar-refractivity contribution in [2.24, 2.45) is 0 Å². The highest BCUT2D eigenvalue weighted by atomic mass is 19.1. The van der Waals surface area contributed by atoms with Gasteiger partial charge >= 0.3 is 13.1 Å². The van der Waals surface area contributed by atoms with Crippen LogP contribution in [0.3, 0.4) is 0 Å². The van der Waals surface area contributed by atoms with Gasteiger partial charge in [-0.1, -0.05) is 24.3 Å². The van der Waals surface area contributed by atoms with E-state index in [1.54, 1.807) is 24.3 Å². The van der Waals surface area contributed by atoms with E-state index in [1.807, 2.05) is 27.7 Å². The fourth-order valence-electron chi connectivity index (χ4n) is 3.15. The Kier molecular flexibility index (Phi) is 6.20. The lowest BCUT2D eigenvalue weighted by Gasteiger charge is -2.32. The standard InChI is InChI=1S/C22H24BF2NO5/c1-21(2)22(3,4)31-23(30-21)15-7-5-13(6-8-15)9-18(20(28)29)26-19(27)14-10-16(24)12-17(25)11-14/h5-8,10-12,18H,9H2,1-4H3,(H,26,27)(H,28,29)/t18-/m1/s1. The van der Waals surface area contributed by atoms with Crippen LogP contribution in [-0.4, -0.2) is 41.3 Å². The SMILES string of the molecule is CC1(C)OB(c2ccc(C[C@@H](NC(=O)c3cc(F)cc(F)c3)C(=O)O)cc2)OC1(C)C. The average molecular weight is 431 g/mol. The van der Waals surface area contributed by atoms with Crippen LogP contribution < -0.4 is 10.8 Å². The monoisotopic (exact) mass is 431 g/mol. The van der Waals surface area contributed by atoms with Crippen molar-refractivity contribution in [2.45, 2.75) is 51.4 Å². The smallest absolute Gasteiger partial charge is 0.480 e. The number of halogens is 2. The second kappa shape index (κ2) is 8.40. The number of carboxylic acids is 1. The zero-order chi connectivity index (χ0) is 23.0. The molecule has 0 unspecified atom stereocenters. The van der Waals surface area contributed by atoms with Crippen molar-refractivity contribution in [1.29, 1.82) is 0 Å². The van der Waals surface area contributed by atoms with Crippen molar-refractivity contribution >= 4 is 24.5 Å². The quantitative estimate of drug-likeness (QED) is 0.688. The van der Waals surface area contributed by atoms with Gasteiger partial charge < -0.3 is 19.7 Å². The third-order valence-electron chi connectivity index (χ3n) is 5.67. The number of rotatable bonds is 6. The highest BCUT2D eigenvalue weighted by molar-refractivity contribution is 6.62. The summed E-state index contributed by atoms with van der Waals surface area (Å²) in [5, 5.41) is 11.8. The predicted octanol–water partition coefficient (Wildman–Crippen LogP) is 2.69. The van der Waals surface area contributed by atoms with Crippen molar-refractivity contribution in [3.8, 4) is 0 Å². The van der Waals surface area contributed by atoms with Crippen molar-refractivity contribution in [1.82, 2.24) is 5.32 Å². The Morgan fingerprint density at radius 2 is 1.52 bits per heavy atom. The number of hydrogen-bond donors (Lipinski definition) is 2. The molecule has 3 rings (SSSR count). The molecule has 0 saturated carbocycles. The molecule has 2 aromatic rings. The minimum atomic E-state index is -1.28. The molecular weight excluding hydrogens is 407 g/mol. The molecule has 1 aliphatic rings. The molecule has 1 amide bonds. The number of carbonyl (C=O) groups excluding carboxylic acids is 1. The van der Waals surface area contributed by atoms with E-state index < -0.39 is 47.9 Å². The molecule has 2 N–H and O–H groups in total. The van der Waals surface area contributed by atoms with Crippen LogP contribution in [0.15, 0.2) is 42.5 Å². The molecule has 9 heteroatoms. The first-order chi connectivity index (χ1) is 14.4. The summed E-state index contributed by atoms with van der Waals surface area (Å²) < 4.78 is 38.7. The number of hydrogen-bond acceptors (Lipinski definition) is 4. The molecule has 1 atom stereocenters. The molecule has 6 nitrogen and oxygen atoms in total. The largest absolute Gasteiger partial charge is 0.494 e. The average Bonchev–Trinajstić information content (AvgIpc) is 2.88. The fourth-order valence-corrected chi connectivity index (χ4v) is 3.15. The van der Waals surface area contributed by atoms with Crippen molar-refractivity contribution in [3.05, 3.63) is 65.2 Å². The van der Waals surface area contributed by atoms with E-state index in [9.17, 15) is 23.5 Å². The van der Waals surface area contributed by atoms with Crippen LogP contribution in [-0.2, 0) is 20.5 Å². The number of carbonyl (C=O) groups is 2. The normalized spacial score (nSPS) is 17.9. The molecule has 1 fully saturated rings. The Hall–Kier alpha value is -2.78. The van der Waals surface area contributed by atoms with Crippen LogP contribution in [0.2, 0.25) is 0 Å². The molecule has 0 bridgehead atoms. The van der Waals surface area contributed by atoms with Crippen LogP contribution in [0.4, 0.5) is 8.78 Å². The molecule has 1 aliphatic heterocycles. The van der Waals surface area contributed by atoms with Gasteiger partial charge in [-0.2, -0.15) is 0 Å². The van der Waals surface area contributed by atoms with E-state index in [-0.39, 0.29) is 12.0 Å². The van der Waals surface area contributed by atoms with E-state index >= 15 is 0 Å². The molecule has 1 heterocycles. The van der Waals surface area contributed by atoms with Gasteiger partial charge in [0.15, 0.2) is 0 Å². The summed E-state index contributed by atoms with van der Waals surface area (Å²) >= 11 is 0. The lowest BCUT2D eigenvalue weighted by molar-refractivity contribution is -0.139. The highest BCUT2D eigenvalue weighted by Gasteiger charge is 2.51. The van der Waals surface area contributed by atoms with Gasteiger partial charge in [0.1, 0.15) is 17.7 Å². The molecule has 0 aliphatic carbocycles. The summed E-state index contributed by atoms with van der Waals surface area (Å²) in [7, 11) is -0.545. The summed E-state index contributed by atoms with van der Waals surface area (Å²) in [6.07, 6.45) is -0.0114. The molecule has 31 heavy (non-hydrogen) atoms. The van der Waals surface area contributed by atoms with E-state index in [0.29, 0.717) is 11.6 Å². The molecule has 164 valence electrons. The van der Waals surface area contributed by atoms with Gasteiger partial charge in [0.05, 0.1) is 11.2 Å². The summed E-state index contributed by atoms with van der Waals surface area (Å²) in [6.45, 7) is 7.80. The Balaban J connectivity index is 1.69. The molecule has 0 spiro atoms. The van der Waals surface area contributed by atoms with Gasteiger partial charge in [0, 0.05) is 18.1 Å². The lowest BCUT2D eigenvalue weighted by atomic mass is 9.78.